The van der Waals surface area contributed by atoms with E-state index in [1.54, 1.807) is 0 Å². The highest BCUT2D eigenvalue weighted by atomic mass is 79.9. The number of nitrogens with zero attached hydrogens (tertiary/aromatic N) is 1. The Kier molecular flexibility index (Phi) is 5.28. The number of hydrogen-bond donors (Lipinski definition) is 1. The zero-order chi connectivity index (χ0) is 20.4. The zero-order valence-corrected chi connectivity index (χ0v) is 17.8. The lowest BCUT2D eigenvalue weighted by Crippen LogP contribution is -2.25. The summed E-state index contributed by atoms with van der Waals surface area (Å²) in [7, 11) is 0. The summed E-state index contributed by atoms with van der Waals surface area (Å²) in [5.41, 5.74) is 1.08. The fourth-order valence-electron chi connectivity index (χ4n) is 3.40. The molecule has 1 N–H and O–H groups in total. The van der Waals surface area contributed by atoms with Gasteiger partial charge >= 0.3 is 5.97 Å². The number of ether oxygens (including phenoxy) is 2. The summed E-state index contributed by atoms with van der Waals surface area (Å²) in [6, 6.07) is 20.6. The molecule has 6 heteroatoms. The maximum absolute atomic E-state index is 12.5. The van der Waals surface area contributed by atoms with Crippen molar-refractivity contribution in [2.45, 2.75) is 31.9 Å². The Morgan fingerprint density at radius 1 is 1.07 bits per heavy atom. The molecular formula is C23H21BrN2O3. The van der Waals surface area contributed by atoms with E-state index in [0.29, 0.717) is 12.2 Å². The minimum absolute atomic E-state index is 0.278. The lowest BCUT2D eigenvalue weighted by molar-refractivity contribution is -0.148. The number of aromatic nitrogens is 1. The molecule has 2 aromatic carbocycles. The molecule has 2 unspecified atom stereocenters. The minimum Gasteiger partial charge on any atom is -0.457 e. The Morgan fingerprint density at radius 3 is 2.45 bits per heavy atom. The largest absolute Gasteiger partial charge is 0.457 e. The maximum atomic E-state index is 12.5. The molecule has 3 aromatic rings. The van der Waals surface area contributed by atoms with Crippen molar-refractivity contribution in [1.29, 1.82) is 0 Å². The van der Waals surface area contributed by atoms with Crippen LogP contribution in [0.1, 0.15) is 24.6 Å². The Morgan fingerprint density at radius 2 is 1.76 bits per heavy atom. The molecule has 2 heterocycles. The maximum Gasteiger partial charge on any atom is 0.329 e. The van der Waals surface area contributed by atoms with Gasteiger partial charge < -0.3 is 14.8 Å². The summed E-state index contributed by atoms with van der Waals surface area (Å²) in [5, 5.41) is 3.20. The number of anilines is 1. The fraction of sp³-hybridized carbons (Fsp3) is 0.217. The van der Waals surface area contributed by atoms with Crippen LogP contribution in [0.25, 0.3) is 0 Å². The number of pyridine rings is 1. The van der Waals surface area contributed by atoms with Crippen molar-refractivity contribution in [3.8, 4) is 11.5 Å². The molecule has 0 saturated carbocycles. The third-order valence-electron chi connectivity index (χ3n) is 4.99. The van der Waals surface area contributed by atoms with Crippen LogP contribution >= 0.6 is 15.9 Å². The SMILES string of the molecule is Cc1nc(NC2CC(C)(c3ccc(Oc4ccccc4)cc3)OC2=O)ccc1Br. The van der Waals surface area contributed by atoms with Crippen molar-refractivity contribution in [2.24, 2.45) is 0 Å². The van der Waals surface area contributed by atoms with Crippen LogP contribution in [0.2, 0.25) is 0 Å². The van der Waals surface area contributed by atoms with E-state index >= 15 is 0 Å². The molecule has 29 heavy (non-hydrogen) atoms. The highest BCUT2D eigenvalue weighted by Crippen LogP contribution is 2.38. The van der Waals surface area contributed by atoms with Gasteiger partial charge in [0.15, 0.2) is 0 Å². The van der Waals surface area contributed by atoms with E-state index in [0.717, 1.165) is 27.2 Å². The summed E-state index contributed by atoms with van der Waals surface area (Å²) >= 11 is 3.44. The number of aryl methyl sites for hydroxylation is 1. The monoisotopic (exact) mass is 452 g/mol. The topological polar surface area (TPSA) is 60.5 Å². The highest BCUT2D eigenvalue weighted by molar-refractivity contribution is 9.10. The first kappa shape index (κ1) is 19.5. The lowest BCUT2D eigenvalue weighted by atomic mass is 9.91. The van der Waals surface area contributed by atoms with Crippen molar-refractivity contribution in [1.82, 2.24) is 4.98 Å². The summed E-state index contributed by atoms with van der Waals surface area (Å²) in [5.74, 6) is 1.89. The van der Waals surface area contributed by atoms with Gasteiger partial charge in [0.1, 0.15) is 29.0 Å². The van der Waals surface area contributed by atoms with Crippen molar-refractivity contribution in [2.75, 3.05) is 5.32 Å². The summed E-state index contributed by atoms with van der Waals surface area (Å²) in [4.78, 5) is 16.9. The van der Waals surface area contributed by atoms with E-state index in [2.05, 4.69) is 26.2 Å². The number of para-hydroxylation sites is 1. The third kappa shape index (κ3) is 4.27. The van der Waals surface area contributed by atoms with Crippen LogP contribution in [0.15, 0.2) is 71.2 Å². The smallest absolute Gasteiger partial charge is 0.329 e. The zero-order valence-electron chi connectivity index (χ0n) is 16.2. The molecule has 2 atom stereocenters. The molecule has 0 aliphatic carbocycles. The van der Waals surface area contributed by atoms with Gasteiger partial charge in [-0.05, 0) is 71.7 Å². The van der Waals surface area contributed by atoms with E-state index in [1.165, 1.54) is 0 Å². The number of nitrogens with one attached hydrogen (secondary N) is 1. The quantitative estimate of drug-likeness (QED) is 0.511. The Hall–Kier alpha value is -2.86. The Balaban J connectivity index is 1.46. The van der Waals surface area contributed by atoms with Crippen LogP contribution in [0, 0.1) is 6.92 Å². The number of hydrogen-bond acceptors (Lipinski definition) is 5. The van der Waals surface area contributed by atoms with Crippen LogP contribution in [-0.2, 0) is 15.1 Å². The Bertz CT molecular complexity index is 1020. The van der Waals surface area contributed by atoms with Gasteiger partial charge in [-0.15, -0.1) is 0 Å². The third-order valence-corrected chi connectivity index (χ3v) is 5.83. The lowest BCUT2D eigenvalue weighted by Gasteiger charge is -2.23. The van der Waals surface area contributed by atoms with Gasteiger partial charge in [-0.1, -0.05) is 30.3 Å². The summed E-state index contributed by atoms with van der Waals surface area (Å²) in [6.45, 7) is 3.84. The van der Waals surface area contributed by atoms with Crippen LogP contribution in [-0.4, -0.2) is 17.0 Å². The standard InChI is InChI=1S/C23H21BrN2O3/c1-15-19(24)12-13-21(25-15)26-20-14-23(2,29-22(20)27)16-8-10-18(11-9-16)28-17-6-4-3-5-7-17/h3-13,20H,14H2,1-2H3,(H,25,26). The average molecular weight is 453 g/mol. The van der Waals surface area contributed by atoms with Crippen molar-refractivity contribution < 1.29 is 14.3 Å². The first-order valence-corrected chi connectivity index (χ1v) is 10.2. The van der Waals surface area contributed by atoms with Crippen LogP contribution < -0.4 is 10.1 Å². The number of carbonyl (C=O) groups excluding carboxylic acids is 1. The molecule has 0 amide bonds. The number of cyclic esters (lactones) is 1. The second kappa shape index (κ2) is 7.87. The van der Waals surface area contributed by atoms with Gasteiger partial charge in [-0.3, -0.25) is 0 Å². The van der Waals surface area contributed by atoms with Gasteiger partial charge in [0.25, 0.3) is 0 Å². The van der Waals surface area contributed by atoms with Gasteiger partial charge in [0.05, 0.1) is 5.69 Å². The van der Waals surface area contributed by atoms with Gasteiger partial charge in [-0.25, -0.2) is 9.78 Å². The molecule has 0 bridgehead atoms. The first-order valence-electron chi connectivity index (χ1n) is 9.39. The predicted octanol–water partition coefficient (Wildman–Crippen LogP) is 5.59. The second-order valence-electron chi connectivity index (χ2n) is 7.26. The summed E-state index contributed by atoms with van der Waals surface area (Å²) in [6.07, 6.45) is 0.515. The summed E-state index contributed by atoms with van der Waals surface area (Å²) < 4.78 is 12.5. The van der Waals surface area contributed by atoms with Crippen molar-refractivity contribution in [3.05, 3.63) is 82.5 Å². The van der Waals surface area contributed by atoms with Crippen LogP contribution in [0.5, 0.6) is 11.5 Å². The van der Waals surface area contributed by atoms with E-state index < -0.39 is 11.6 Å². The molecule has 0 radical (unpaired) electrons. The molecule has 5 nitrogen and oxygen atoms in total. The van der Waals surface area contributed by atoms with E-state index in [1.807, 2.05) is 80.6 Å². The van der Waals surface area contributed by atoms with Gasteiger partial charge in [-0.2, -0.15) is 0 Å². The second-order valence-corrected chi connectivity index (χ2v) is 8.11. The number of halogens is 1. The molecule has 148 valence electrons. The normalized spacial score (nSPS) is 20.9. The number of carbonyl (C=O) groups is 1. The molecule has 1 aromatic heterocycles. The van der Waals surface area contributed by atoms with Gasteiger partial charge in [0, 0.05) is 10.9 Å². The van der Waals surface area contributed by atoms with Crippen LogP contribution in [0.4, 0.5) is 5.82 Å². The van der Waals surface area contributed by atoms with Crippen LogP contribution in [0.3, 0.4) is 0 Å². The molecule has 1 fully saturated rings. The van der Waals surface area contributed by atoms with Crippen molar-refractivity contribution in [3.63, 3.8) is 0 Å². The molecule has 1 aliphatic heterocycles. The predicted molar refractivity (Wildman–Crippen MR) is 115 cm³/mol. The number of esters is 1. The van der Waals surface area contributed by atoms with Gasteiger partial charge in [0.2, 0.25) is 0 Å². The molecule has 4 rings (SSSR count). The minimum atomic E-state index is -0.704. The molecule has 0 spiro atoms. The molecule has 1 aliphatic rings. The number of rotatable bonds is 5. The highest BCUT2D eigenvalue weighted by Gasteiger charge is 2.44. The first-order chi connectivity index (χ1) is 13.9. The Labute approximate surface area is 178 Å². The van der Waals surface area contributed by atoms with E-state index in [4.69, 9.17) is 9.47 Å². The fourth-order valence-corrected chi connectivity index (χ4v) is 3.62. The molecule has 1 saturated heterocycles. The molecular weight excluding hydrogens is 432 g/mol. The number of benzene rings is 2. The van der Waals surface area contributed by atoms with E-state index in [-0.39, 0.29) is 5.97 Å². The average Bonchev–Trinajstić information content (AvgIpc) is 3.00. The van der Waals surface area contributed by atoms with Crippen molar-refractivity contribution >= 4 is 27.7 Å². The van der Waals surface area contributed by atoms with E-state index in [9.17, 15) is 4.79 Å².